The number of nitrogens with zero attached hydrogens (tertiary/aromatic N) is 1. The lowest BCUT2D eigenvalue weighted by atomic mass is 10.1. The second kappa shape index (κ2) is 14.4. The SMILES string of the molecule is CC1Oc2ccc(CNCc3ccc(CNCc4ccc5c(c4)N=C(N)C(C)O5)cc3)cc2NC1=O.Cl.Cl.Cl. The van der Waals surface area contributed by atoms with Crippen LogP contribution in [0.4, 0.5) is 11.4 Å². The minimum absolute atomic E-state index is 0. The molecule has 0 saturated carbocycles. The van der Waals surface area contributed by atoms with Gasteiger partial charge in [-0.2, -0.15) is 0 Å². The highest BCUT2D eigenvalue weighted by Crippen LogP contribution is 2.33. The van der Waals surface area contributed by atoms with Crippen molar-refractivity contribution in [3.8, 4) is 11.5 Å². The van der Waals surface area contributed by atoms with E-state index in [-0.39, 0.29) is 49.2 Å². The third-order valence-electron chi connectivity index (χ3n) is 6.31. The molecule has 2 aliphatic heterocycles. The van der Waals surface area contributed by atoms with Crippen molar-refractivity contribution < 1.29 is 14.3 Å². The van der Waals surface area contributed by atoms with Crippen molar-refractivity contribution in [1.29, 1.82) is 0 Å². The van der Waals surface area contributed by atoms with Crippen LogP contribution in [0.15, 0.2) is 65.7 Å². The second-order valence-electron chi connectivity index (χ2n) is 9.20. The Balaban J connectivity index is 0.00000178. The van der Waals surface area contributed by atoms with E-state index in [2.05, 4.69) is 45.2 Å². The van der Waals surface area contributed by atoms with E-state index in [0.29, 0.717) is 18.1 Å². The zero-order valence-electron chi connectivity index (χ0n) is 21.7. The maximum Gasteiger partial charge on any atom is 0.265 e. The van der Waals surface area contributed by atoms with Crippen LogP contribution in [-0.2, 0) is 31.0 Å². The van der Waals surface area contributed by atoms with Gasteiger partial charge in [-0.25, -0.2) is 4.99 Å². The zero-order chi connectivity index (χ0) is 25.1. The van der Waals surface area contributed by atoms with Gasteiger partial charge in [0.1, 0.15) is 23.0 Å². The van der Waals surface area contributed by atoms with E-state index in [1.165, 1.54) is 11.1 Å². The molecular weight excluding hydrogens is 561 g/mol. The molecular formula is C28H34Cl3N5O3. The molecule has 5 N–H and O–H groups in total. The Morgan fingerprint density at radius 2 is 1.23 bits per heavy atom. The lowest BCUT2D eigenvalue weighted by molar-refractivity contribution is -0.122. The van der Waals surface area contributed by atoms with Gasteiger partial charge in [0.25, 0.3) is 5.91 Å². The molecule has 3 aromatic rings. The van der Waals surface area contributed by atoms with Crippen LogP contribution in [-0.4, -0.2) is 24.0 Å². The van der Waals surface area contributed by atoms with E-state index in [4.69, 9.17) is 15.2 Å². The van der Waals surface area contributed by atoms with Crippen molar-refractivity contribution in [2.75, 3.05) is 5.32 Å². The van der Waals surface area contributed by atoms with Crippen molar-refractivity contribution in [3.63, 3.8) is 0 Å². The van der Waals surface area contributed by atoms with Crippen molar-refractivity contribution in [2.24, 2.45) is 10.7 Å². The normalized spacial score (nSPS) is 16.9. The van der Waals surface area contributed by atoms with E-state index in [1.807, 2.05) is 43.3 Å². The van der Waals surface area contributed by atoms with Crippen molar-refractivity contribution in [3.05, 3.63) is 82.9 Å². The largest absolute Gasteiger partial charge is 0.481 e. The van der Waals surface area contributed by atoms with Gasteiger partial charge < -0.3 is 31.2 Å². The first-order valence-corrected chi connectivity index (χ1v) is 12.2. The number of carbonyl (C=O) groups excluding carboxylic acids is 1. The molecule has 0 bridgehead atoms. The molecule has 1 amide bonds. The molecule has 2 aliphatic rings. The summed E-state index contributed by atoms with van der Waals surface area (Å²) in [5.41, 5.74) is 12.1. The van der Waals surface area contributed by atoms with Crippen LogP contribution < -0.4 is 31.2 Å². The summed E-state index contributed by atoms with van der Waals surface area (Å²) in [5.74, 6) is 1.87. The van der Waals surface area contributed by atoms with E-state index in [1.54, 1.807) is 6.92 Å². The van der Waals surface area contributed by atoms with Crippen molar-refractivity contribution >= 4 is 60.3 Å². The third kappa shape index (κ3) is 8.00. The summed E-state index contributed by atoms with van der Waals surface area (Å²) in [6.07, 6.45) is -0.649. The highest BCUT2D eigenvalue weighted by Gasteiger charge is 2.23. The fourth-order valence-electron chi connectivity index (χ4n) is 4.18. The fourth-order valence-corrected chi connectivity index (χ4v) is 4.18. The third-order valence-corrected chi connectivity index (χ3v) is 6.31. The predicted molar refractivity (Wildman–Crippen MR) is 162 cm³/mol. The number of aliphatic imine (C=N–C) groups is 1. The van der Waals surface area contributed by atoms with Gasteiger partial charge in [0.15, 0.2) is 12.2 Å². The number of amidine groups is 1. The maximum atomic E-state index is 11.8. The molecule has 0 aliphatic carbocycles. The van der Waals surface area contributed by atoms with Gasteiger partial charge >= 0.3 is 0 Å². The Morgan fingerprint density at radius 1 is 0.744 bits per heavy atom. The summed E-state index contributed by atoms with van der Waals surface area (Å²) in [7, 11) is 0. The molecule has 5 rings (SSSR count). The summed E-state index contributed by atoms with van der Waals surface area (Å²) < 4.78 is 11.4. The topological polar surface area (TPSA) is 110 Å². The van der Waals surface area contributed by atoms with E-state index >= 15 is 0 Å². The van der Waals surface area contributed by atoms with E-state index < -0.39 is 6.10 Å². The van der Waals surface area contributed by atoms with E-state index in [9.17, 15) is 4.79 Å². The lowest BCUT2D eigenvalue weighted by Gasteiger charge is -2.23. The van der Waals surface area contributed by atoms with Gasteiger partial charge in [0, 0.05) is 26.2 Å². The van der Waals surface area contributed by atoms with E-state index in [0.717, 1.165) is 47.9 Å². The predicted octanol–water partition coefficient (Wildman–Crippen LogP) is 5.02. The number of hydrogen-bond donors (Lipinski definition) is 4. The average molecular weight is 595 g/mol. The Hall–Kier alpha value is -3.01. The molecule has 3 aromatic carbocycles. The first-order valence-electron chi connectivity index (χ1n) is 12.2. The molecule has 0 spiro atoms. The molecule has 0 aromatic heterocycles. The standard InChI is InChI=1S/C28H31N5O3.3ClH/c1-17-27(29)32-23-11-21(7-9-25(23)35-17)15-30-13-19-3-5-20(6-4-19)14-31-16-22-8-10-26-24(12-22)33-28(34)18(2)36-26;;;/h3-12,17-18,30-31H,13-16H2,1-2H3,(H2,29,32)(H,33,34);3*1H. The molecule has 11 heteroatoms. The number of nitrogens with two attached hydrogens (primary N) is 1. The minimum Gasteiger partial charge on any atom is -0.481 e. The number of benzene rings is 3. The highest BCUT2D eigenvalue weighted by atomic mass is 35.5. The number of nitrogens with one attached hydrogen (secondary N) is 3. The van der Waals surface area contributed by atoms with Crippen LogP contribution in [0.3, 0.4) is 0 Å². The summed E-state index contributed by atoms with van der Waals surface area (Å²) >= 11 is 0. The number of rotatable bonds is 8. The van der Waals surface area contributed by atoms with Crippen molar-refractivity contribution in [2.45, 2.75) is 52.2 Å². The van der Waals surface area contributed by atoms with Crippen LogP contribution in [0.5, 0.6) is 11.5 Å². The van der Waals surface area contributed by atoms with Crippen LogP contribution in [0.2, 0.25) is 0 Å². The summed E-state index contributed by atoms with van der Waals surface area (Å²) in [5, 5.41) is 9.84. The quantitative estimate of drug-likeness (QED) is 0.292. The Labute approximate surface area is 247 Å². The van der Waals surface area contributed by atoms with Crippen LogP contribution in [0, 0.1) is 0 Å². The van der Waals surface area contributed by atoms with Crippen molar-refractivity contribution in [1.82, 2.24) is 10.6 Å². The number of ether oxygens (including phenoxy) is 2. The minimum atomic E-state index is -0.461. The van der Waals surface area contributed by atoms with Gasteiger partial charge in [0.05, 0.1) is 5.69 Å². The molecule has 0 fully saturated rings. The highest BCUT2D eigenvalue weighted by molar-refractivity contribution is 5.97. The summed E-state index contributed by atoms with van der Waals surface area (Å²) in [4.78, 5) is 16.3. The smallest absolute Gasteiger partial charge is 0.265 e. The van der Waals surface area contributed by atoms with Crippen LogP contribution in [0.25, 0.3) is 0 Å². The van der Waals surface area contributed by atoms with Gasteiger partial charge in [-0.15, -0.1) is 37.2 Å². The molecule has 2 atom stereocenters. The molecule has 2 heterocycles. The van der Waals surface area contributed by atoms with Gasteiger partial charge in [-0.3, -0.25) is 4.79 Å². The number of anilines is 1. The number of fused-ring (bicyclic) bond motifs is 2. The Bertz CT molecular complexity index is 1300. The molecule has 0 saturated heterocycles. The first-order chi connectivity index (χ1) is 17.4. The fraction of sp³-hybridized carbons (Fsp3) is 0.286. The molecule has 8 nitrogen and oxygen atoms in total. The maximum absolute atomic E-state index is 11.8. The Morgan fingerprint density at radius 3 is 1.85 bits per heavy atom. The molecule has 0 radical (unpaired) electrons. The molecule has 39 heavy (non-hydrogen) atoms. The Kier molecular flexibility index (Phi) is 11.9. The average Bonchev–Trinajstić information content (AvgIpc) is 2.87. The summed E-state index contributed by atoms with van der Waals surface area (Å²) in [6.45, 7) is 6.59. The van der Waals surface area contributed by atoms with Gasteiger partial charge in [0.2, 0.25) is 0 Å². The first kappa shape index (κ1) is 32.2. The molecule has 2 unspecified atom stereocenters. The number of hydrogen-bond acceptors (Lipinski definition) is 7. The van der Waals surface area contributed by atoms with Crippen LogP contribution in [0.1, 0.15) is 36.1 Å². The zero-order valence-corrected chi connectivity index (χ0v) is 24.2. The number of amides is 1. The summed E-state index contributed by atoms with van der Waals surface area (Å²) in [6, 6.07) is 20.5. The second-order valence-corrected chi connectivity index (χ2v) is 9.20. The molecule has 210 valence electrons. The van der Waals surface area contributed by atoms with Crippen LogP contribution >= 0.6 is 37.2 Å². The monoisotopic (exact) mass is 593 g/mol. The number of carbonyl (C=O) groups is 1. The number of halogens is 3. The van der Waals surface area contributed by atoms with Gasteiger partial charge in [-0.05, 0) is 60.4 Å². The lowest BCUT2D eigenvalue weighted by Crippen LogP contribution is -2.34. The van der Waals surface area contributed by atoms with Gasteiger partial charge in [-0.1, -0.05) is 36.4 Å².